The minimum Gasteiger partial charge on any atom is -0.481 e. The summed E-state index contributed by atoms with van der Waals surface area (Å²) in [6.45, 7) is 5.91. The molecule has 0 saturated carbocycles. The van der Waals surface area contributed by atoms with Gasteiger partial charge in [0, 0.05) is 11.8 Å². The van der Waals surface area contributed by atoms with Gasteiger partial charge in [0.2, 0.25) is 5.91 Å². The summed E-state index contributed by atoms with van der Waals surface area (Å²) in [6.07, 6.45) is -10.3. The fourth-order valence-electron chi connectivity index (χ4n) is 3.60. The molecule has 14 nitrogen and oxygen atoms in total. The number of thiol groups is 1. The Morgan fingerprint density at radius 1 is 0.971 bits per heavy atom. The maximum atomic E-state index is 13.5. The number of carboxylic acid groups (broad SMARTS) is 2. The van der Waals surface area contributed by atoms with Crippen LogP contribution in [0.4, 0.5) is 0 Å². The van der Waals surface area contributed by atoms with E-state index in [0.717, 1.165) is 0 Å². The van der Waals surface area contributed by atoms with E-state index >= 15 is 0 Å². The summed E-state index contributed by atoms with van der Waals surface area (Å²) >= 11 is 3.94. The Kier molecular flexibility index (Phi) is 11.5. The van der Waals surface area contributed by atoms with Crippen LogP contribution in [0.2, 0.25) is 0 Å². The Labute approximate surface area is 207 Å². The summed E-state index contributed by atoms with van der Waals surface area (Å²) in [5, 5.41) is 66.4. The highest BCUT2D eigenvalue weighted by Crippen LogP contribution is 2.25. The fraction of sp³-hybridized carbons (Fsp3) is 0.800. The van der Waals surface area contributed by atoms with Crippen LogP contribution in [0.1, 0.15) is 34.1 Å². The number of hydrogen-bond acceptors (Lipinski definition) is 12. The van der Waals surface area contributed by atoms with E-state index in [0.29, 0.717) is 0 Å². The number of carbonyl (C=O) groups is 4. The highest BCUT2D eigenvalue weighted by Gasteiger charge is 2.51. The van der Waals surface area contributed by atoms with E-state index in [1.165, 1.54) is 13.8 Å². The number of rotatable bonds is 13. The number of nitrogens with one attached hydrogen (secondary N) is 3. The molecule has 0 aliphatic carbocycles. The summed E-state index contributed by atoms with van der Waals surface area (Å²) in [5.41, 5.74) is -1.69. The monoisotopic (exact) mass is 525 g/mol. The van der Waals surface area contributed by atoms with E-state index in [-0.39, 0.29) is 11.8 Å². The van der Waals surface area contributed by atoms with Crippen LogP contribution in [0.5, 0.6) is 0 Å². The van der Waals surface area contributed by atoms with Crippen molar-refractivity contribution in [2.24, 2.45) is 0 Å². The van der Waals surface area contributed by atoms with Gasteiger partial charge >= 0.3 is 11.9 Å². The predicted octanol–water partition coefficient (Wildman–Crippen LogP) is -3.57. The van der Waals surface area contributed by atoms with E-state index in [2.05, 4.69) is 28.6 Å². The van der Waals surface area contributed by atoms with Gasteiger partial charge < -0.3 is 46.0 Å². The first-order valence-corrected chi connectivity index (χ1v) is 11.5. The standard InChI is InChI=1S/C20H35N3O11S/c1-7(2)21-8(5-10(24)25)17(30)22-11(15-13(27)12(26)14(28)19(33)34-15)16(29)20(3,4)23-9(6-35)18(31)32/h7-9,11-15,19,21,23,26-28,33,35H,5-6H2,1-4H3,(H,22,30)(H,24,25)(H,31,32)/t8-,9-,11?,12?,13?,14?,15?,19?/m0/s1. The molecule has 15 heteroatoms. The van der Waals surface area contributed by atoms with E-state index in [1.54, 1.807) is 13.8 Å². The first-order valence-electron chi connectivity index (χ1n) is 10.8. The maximum absolute atomic E-state index is 13.5. The van der Waals surface area contributed by atoms with Crippen LogP contribution in [0.25, 0.3) is 0 Å². The molecule has 0 aromatic carbocycles. The van der Waals surface area contributed by atoms with Crippen LogP contribution in [-0.2, 0) is 23.9 Å². The number of ether oxygens (including phenoxy) is 1. The molecule has 0 aromatic heterocycles. The van der Waals surface area contributed by atoms with Gasteiger partial charge in [0.15, 0.2) is 12.1 Å². The van der Waals surface area contributed by atoms with Crippen molar-refractivity contribution < 1.29 is 54.6 Å². The molecular formula is C20H35N3O11S. The van der Waals surface area contributed by atoms with E-state index < -0.39 is 84.4 Å². The average molecular weight is 526 g/mol. The second-order valence-corrected chi connectivity index (χ2v) is 9.49. The molecule has 0 spiro atoms. The molecule has 9 N–H and O–H groups in total. The Morgan fingerprint density at radius 2 is 1.54 bits per heavy atom. The zero-order valence-corrected chi connectivity index (χ0v) is 20.7. The Balaban J connectivity index is 3.39. The largest absolute Gasteiger partial charge is 0.481 e. The third-order valence-corrected chi connectivity index (χ3v) is 5.76. The Bertz CT molecular complexity index is 781. The number of carboxylic acids is 2. The molecule has 35 heavy (non-hydrogen) atoms. The lowest BCUT2D eigenvalue weighted by atomic mass is 9.84. The van der Waals surface area contributed by atoms with Crippen LogP contribution in [0.3, 0.4) is 0 Å². The van der Waals surface area contributed by atoms with Crippen molar-refractivity contribution in [1.82, 2.24) is 16.0 Å². The van der Waals surface area contributed by atoms with Gasteiger partial charge in [-0.15, -0.1) is 0 Å². The molecule has 1 amide bonds. The number of amides is 1. The second-order valence-electron chi connectivity index (χ2n) is 9.13. The number of aliphatic hydroxyl groups is 4. The molecule has 1 heterocycles. The van der Waals surface area contributed by atoms with Crippen LogP contribution in [0, 0.1) is 0 Å². The molecule has 1 fully saturated rings. The van der Waals surface area contributed by atoms with Crippen molar-refractivity contribution in [2.75, 3.05) is 5.75 Å². The van der Waals surface area contributed by atoms with Crippen LogP contribution < -0.4 is 16.0 Å². The van der Waals surface area contributed by atoms with Gasteiger partial charge in [-0.2, -0.15) is 12.6 Å². The van der Waals surface area contributed by atoms with Gasteiger partial charge in [0.1, 0.15) is 36.5 Å². The molecule has 1 saturated heterocycles. The number of hydrogen-bond donors (Lipinski definition) is 10. The number of aliphatic hydroxyl groups excluding tert-OH is 4. The van der Waals surface area contributed by atoms with Gasteiger partial charge in [-0.05, 0) is 13.8 Å². The predicted molar refractivity (Wildman–Crippen MR) is 123 cm³/mol. The maximum Gasteiger partial charge on any atom is 0.321 e. The molecule has 202 valence electrons. The summed E-state index contributed by atoms with van der Waals surface area (Å²) < 4.78 is 5.15. The van der Waals surface area contributed by atoms with E-state index in [4.69, 9.17) is 9.84 Å². The number of carbonyl (C=O) groups excluding carboxylic acids is 2. The van der Waals surface area contributed by atoms with Gasteiger partial charge in [-0.25, -0.2) is 0 Å². The third kappa shape index (κ3) is 8.35. The number of Topliss-reactive ketones (excluding diaryl/α,β-unsaturated/α-hetero) is 1. The van der Waals surface area contributed by atoms with Crippen LogP contribution >= 0.6 is 12.6 Å². The topological polar surface area (TPSA) is 235 Å². The van der Waals surface area contributed by atoms with Gasteiger partial charge in [-0.1, -0.05) is 13.8 Å². The van der Waals surface area contributed by atoms with Crippen molar-refractivity contribution in [1.29, 1.82) is 0 Å². The van der Waals surface area contributed by atoms with E-state index in [1.807, 2.05) is 0 Å². The van der Waals surface area contributed by atoms with Crippen molar-refractivity contribution in [3.63, 3.8) is 0 Å². The Morgan fingerprint density at radius 3 is 2.00 bits per heavy atom. The molecule has 0 bridgehead atoms. The normalized spacial score (nSPS) is 27.7. The fourth-order valence-corrected chi connectivity index (χ4v) is 3.85. The lowest BCUT2D eigenvalue weighted by molar-refractivity contribution is -0.285. The zero-order chi connectivity index (χ0) is 27.2. The van der Waals surface area contributed by atoms with Crippen LogP contribution in [0.15, 0.2) is 0 Å². The molecule has 8 atom stereocenters. The van der Waals surface area contributed by atoms with Gasteiger partial charge in [0.05, 0.1) is 18.0 Å². The summed E-state index contributed by atoms with van der Waals surface area (Å²) in [6, 6.07) is -4.74. The average Bonchev–Trinajstić information content (AvgIpc) is 2.75. The minimum absolute atomic E-state index is 0.200. The van der Waals surface area contributed by atoms with Gasteiger partial charge in [0.25, 0.3) is 0 Å². The van der Waals surface area contributed by atoms with Gasteiger partial charge in [-0.3, -0.25) is 24.5 Å². The van der Waals surface area contributed by atoms with Crippen molar-refractivity contribution in [2.45, 2.75) is 94.5 Å². The molecule has 1 aliphatic heterocycles. The molecule has 6 unspecified atom stereocenters. The summed E-state index contributed by atoms with van der Waals surface area (Å²) in [7, 11) is 0. The van der Waals surface area contributed by atoms with Crippen molar-refractivity contribution >= 4 is 36.3 Å². The first kappa shape index (κ1) is 31.2. The quantitative estimate of drug-likeness (QED) is 0.105. The Hall–Kier alpha value is -1.85. The molecular weight excluding hydrogens is 490 g/mol. The van der Waals surface area contributed by atoms with Crippen molar-refractivity contribution in [3.8, 4) is 0 Å². The molecule has 0 aromatic rings. The first-order chi connectivity index (χ1) is 16.0. The second kappa shape index (κ2) is 12.9. The van der Waals surface area contributed by atoms with E-state index in [9.17, 15) is 44.7 Å². The smallest absolute Gasteiger partial charge is 0.321 e. The summed E-state index contributed by atoms with van der Waals surface area (Å²) in [4.78, 5) is 49.2. The minimum atomic E-state index is -2.03. The zero-order valence-electron chi connectivity index (χ0n) is 19.8. The molecule has 0 radical (unpaired) electrons. The highest BCUT2D eigenvalue weighted by atomic mass is 32.1. The van der Waals surface area contributed by atoms with Crippen LogP contribution in [-0.4, -0.2) is 120 Å². The lowest BCUT2D eigenvalue weighted by Crippen LogP contribution is -2.70. The number of aliphatic carboxylic acids is 2. The SMILES string of the molecule is CC(C)N[C@@H](CC(=O)O)C(=O)NC(C(=O)C(C)(C)N[C@@H](CS)C(=O)O)C1OC(O)C(O)C(O)C1O. The molecule has 1 aliphatic rings. The lowest BCUT2D eigenvalue weighted by Gasteiger charge is -2.43. The third-order valence-electron chi connectivity index (χ3n) is 5.40. The highest BCUT2D eigenvalue weighted by molar-refractivity contribution is 7.80. The summed E-state index contributed by atoms with van der Waals surface area (Å²) in [5.74, 6) is -4.72. The number of ketones is 1. The molecule has 1 rings (SSSR count). The van der Waals surface area contributed by atoms with Crippen molar-refractivity contribution in [3.05, 3.63) is 0 Å².